The SMILES string of the molecule is CCOC(=O)C(Nc1ccccc1)C1CC=CCC1. The third-order valence-electron chi connectivity index (χ3n) is 3.42. The number of anilines is 1. The molecule has 1 aromatic rings. The number of carbonyl (C=O) groups is 1. The van der Waals surface area contributed by atoms with Crippen LogP contribution in [0.5, 0.6) is 0 Å². The molecule has 1 aliphatic carbocycles. The number of esters is 1. The van der Waals surface area contributed by atoms with Crippen LogP contribution in [0.1, 0.15) is 26.2 Å². The second kappa shape index (κ2) is 6.98. The Morgan fingerprint density at radius 1 is 1.37 bits per heavy atom. The van der Waals surface area contributed by atoms with Gasteiger partial charge in [0.2, 0.25) is 0 Å². The number of hydrogen-bond donors (Lipinski definition) is 1. The second-order valence-electron chi connectivity index (χ2n) is 4.78. The first-order valence-corrected chi connectivity index (χ1v) is 6.94. The van der Waals surface area contributed by atoms with Gasteiger partial charge in [0.25, 0.3) is 0 Å². The van der Waals surface area contributed by atoms with Crippen LogP contribution in [0.25, 0.3) is 0 Å². The molecule has 0 fully saturated rings. The van der Waals surface area contributed by atoms with Crippen molar-refractivity contribution in [3.05, 3.63) is 42.5 Å². The zero-order valence-electron chi connectivity index (χ0n) is 11.3. The van der Waals surface area contributed by atoms with E-state index in [0.29, 0.717) is 12.5 Å². The maximum Gasteiger partial charge on any atom is 0.328 e. The van der Waals surface area contributed by atoms with E-state index in [0.717, 1.165) is 24.9 Å². The first-order chi connectivity index (χ1) is 9.31. The molecule has 1 aliphatic rings. The Morgan fingerprint density at radius 2 is 2.16 bits per heavy atom. The van der Waals surface area contributed by atoms with E-state index in [9.17, 15) is 4.79 Å². The van der Waals surface area contributed by atoms with E-state index >= 15 is 0 Å². The predicted molar refractivity (Wildman–Crippen MR) is 77.0 cm³/mol. The monoisotopic (exact) mass is 259 g/mol. The normalized spacial score (nSPS) is 19.7. The van der Waals surface area contributed by atoms with Crippen molar-refractivity contribution in [1.29, 1.82) is 0 Å². The number of hydrogen-bond acceptors (Lipinski definition) is 3. The quantitative estimate of drug-likeness (QED) is 0.650. The van der Waals surface area contributed by atoms with E-state index in [-0.39, 0.29) is 12.0 Å². The summed E-state index contributed by atoms with van der Waals surface area (Å²) in [7, 11) is 0. The molecule has 2 atom stereocenters. The van der Waals surface area contributed by atoms with Crippen molar-refractivity contribution >= 4 is 11.7 Å². The maximum absolute atomic E-state index is 12.1. The van der Waals surface area contributed by atoms with Crippen LogP contribution in [-0.2, 0) is 9.53 Å². The van der Waals surface area contributed by atoms with E-state index in [2.05, 4.69) is 17.5 Å². The van der Waals surface area contributed by atoms with Crippen LogP contribution in [0.3, 0.4) is 0 Å². The maximum atomic E-state index is 12.1. The topological polar surface area (TPSA) is 38.3 Å². The summed E-state index contributed by atoms with van der Waals surface area (Å²) in [6, 6.07) is 9.59. The highest BCUT2D eigenvalue weighted by molar-refractivity contribution is 5.79. The smallest absolute Gasteiger partial charge is 0.328 e. The number of allylic oxidation sites excluding steroid dienone is 2. The minimum Gasteiger partial charge on any atom is -0.464 e. The van der Waals surface area contributed by atoms with Crippen LogP contribution in [0, 0.1) is 5.92 Å². The molecular formula is C16H21NO2. The van der Waals surface area contributed by atoms with Gasteiger partial charge in [-0.2, -0.15) is 0 Å². The molecule has 19 heavy (non-hydrogen) atoms. The number of para-hydroxylation sites is 1. The Kier molecular flexibility index (Phi) is 5.01. The van der Waals surface area contributed by atoms with Crippen LogP contribution >= 0.6 is 0 Å². The molecule has 0 radical (unpaired) electrons. The minimum atomic E-state index is -0.257. The van der Waals surface area contributed by atoms with E-state index in [1.165, 1.54) is 0 Å². The van der Waals surface area contributed by atoms with Gasteiger partial charge >= 0.3 is 5.97 Å². The Labute approximate surface area is 114 Å². The van der Waals surface area contributed by atoms with Crippen LogP contribution in [0.2, 0.25) is 0 Å². The van der Waals surface area contributed by atoms with E-state index in [1.807, 2.05) is 37.3 Å². The van der Waals surface area contributed by atoms with Crippen molar-refractivity contribution in [2.45, 2.75) is 32.2 Å². The Morgan fingerprint density at radius 3 is 2.79 bits per heavy atom. The molecule has 3 nitrogen and oxygen atoms in total. The zero-order chi connectivity index (χ0) is 13.5. The van der Waals surface area contributed by atoms with Crippen molar-refractivity contribution in [2.24, 2.45) is 5.92 Å². The highest BCUT2D eigenvalue weighted by Crippen LogP contribution is 2.25. The molecule has 3 heteroatoms. The van der Waals surface area contributed by atoms with Crippen molar-refractivity contribution < 1.29 is 9.53 Å². The minimum absolute atomic E-state index is 0.147. The van der Waals surface area contributed by atoms with Gasteiger partial charge in [-0.15, -0.1) is 0 Å². The molecule has 0 amide bonds. The van der Waals surface area contributed by atoms with Gasteiger partial charge in [0.15, 0.2) is 0 Å². The average molecular weight is 259 g/mol. The fourth-order valence-corrected chi connectivity index (χ4v) is 2.43. The van der Waals surface area contributed by atoms with Crippen LogP contribution in [0.4, 0.5) is 5.69 Å². The third-order valence-corrected chi connectivity index (χ3v) is 3.42. The summed E-state index contributed by atoms with van der Waals surface area (Å²) < 4.78 is 5.20. The molecule has 0 aliphatic heterocycles. The molecule has 0 spiro atoms. The lowest BCUT2D eigenvalue weighted by Gasteiger charge is -2.28. The van der Waals surface area contributed by atoms with Gasteiger partial charge in [-0.25, -0.2) is 4.79 Å². The average Bonchev–Trinajstić information content (AvgIpc) is 2.47. The summed E-state index contributed by atoms with van der Waals surface area (Å²) in [4.78, 5) is 12.1. The number of rotatable bonds is 5. The summed E-state index contributed by atoms with van der Waals surface area (Å²) >= 11 is 0. The Bertz CT molecular complexity index is 428. The first-order valence-electron chi connectivity index (χ1n) is 6.94. The molecule has 1 N–H and O–H groups in total. The lowest BCUT2D eigenvalue weighted by Crippen LogP contribution is -2.38. The van der Waals surface area contributed by atoms with Crippen molar-refractivity contribution in [1.82, 2.24) is 0 Å². The van der Waals surface area contributed by atoms with Crippen molar-refractivity contribution in [3.8, 4) is 0 Å². The fraction of sp³-hybridized carbons (Fsp3) is 0.438. The van der Waals surface area contributed by atoms with Crippen molar-refractivity contribution in [2.75, 3.05) is 11.9 Å². The highest BCUT2D eigenvalue weighted by atomic mass is 16.5. The number of carbonyl (C=O) groups excluding carboxylic acids is 1. The summed E-state index contributed by atoms with van der Waals surface area (Å²) in [5.41, 5.74) is 0.968. The lowest BCUT2D eigenvalue weighted by atomic mass is 9.87. The summed E-state index contributed by atoms with van der Waals surface area (Å²) in [6.07, 6.45) is 7.34. The van der Waals surface area contributed by atoms with E-state index in [4.69, 9.17) is 4.74 Å². The summed E-state index contributed by atoms with van der Waals surface area (Å²) in [5, 5.41) is 3.32. The lowest BCUT2D eigenvalue weighted by molar-refractivity contribution is -0.145. The molecule has 102 valence electrons. The molecule has 2 rings (SSSR count). The first kappa shape index (κ1) is 13.7. The van der Waals surface area contributed by atoms with Gasteiger partial charge in [-0.05, 0) is 44.2 Å². The molecule has 2 unspecified atom stereocenters. The third kappa shape index (κ3) is 3.85. The number of benzene rings is 1. The molecule has 0 aromatic heterocycles. The summed E-state index contributed by atoms with van der Waals surface area (Å²) in [5.74, 6) is 0.163. The van der Waals surface area contributed by atoms with Gasteiger partial charge < -0.3 is 10.1 Å². The largest absolute Gasteiger partial charge is 0.464 e. The predicted octanol–water partition coefficient (Wildman–Crippen LogP) is 3.39. The van der Waals surface area contributed by atoms with E-state index in [1.54, 1.807) is 0 Å². The molecule has 0 saturated heterocycles. The van der Waals surface area contributed by atoms with Gasteiger partial charge in [0, 0.05) is 5.69 Å². The van der Waals surface area contributed by atoms with Crippen molar-refractivity contribution in [3.63, 3.8) is 0 Å². The molecule has 0 heterocycles. The second-order valence-corrected chi connectivity index (χ2v) is 4.78. The number of ether oxygens (including phenoxy) is 1. The highest BCUT2D eigenvalue weighted by Gasteiger charge is 2.29. The standard InChI is InChI=1S/C16H21NO2/c1-2-19-16(18)15(13-9-5-3-6-10-13)17-14-11-7-4-8-12-14/h3-5,7-8,11-13,15,17H,2,6,9-10H2,1H3. The van der Waals surface area contributed by atoms with Crippen LogP contribution in [0.15, 0.2) is 42.5 Å². The van der Waals surface area contributed by atoms with Gasteiger partial charge in [0.1, 0.15) is 6.04 Å². The number of nitrogens with one attached hydrogen (secondary N) is 1. The molecule has 0 saturated carbocycles. The molecule has 1 aromatic carbocycles. The zero-order valence-corrected chi connectivity index (χ0v) is 11.3. The van der Waals surface area contributed by atoms with Gasteiger partial charge in [-0.3, -0.25) is 0 Å². The Balaban J connectivity index is 2.09. The Hall–Kier alpha value is -1.77. The van der Waals surface area contributed by atoms with Crippen LogP contribution in [-0.4, -0.2) is 18.6 Å². The van der Waals surface area contributed by atoms with Crippen LogP contribution < -0.4 is 5.32 Å². The fourth-order valence-electron chi connectivity index (χ4n) is 2.43. The van der Waals surface area contributed by atoms with Gasteiger partial charge in [0.05, 0.1) is 6.61 Å². The summed E-state index contributed by atoms with van der Waals surface area (Å²) in [6.45, 7) is 2.27. The molecular weight excluding hydrogens is 238 g/mol. The van der Waals surface area contributed by atoms with E-state index < -0.39 is 0 Å². The van der Waals surface area contributed by atoms with Gasteiger partial charge in [-0.1, -0.05) is 30.4 Å². The molecule has 0 bridgehead atoms.